The fourth-order valence-corrected chi connectivity index (χ4v) is 0.954. The lowest BCUT2D eigenvalue weighted by atomic mass is 9.89. The summed E-state index contributed by atoms with van der Waals surface area (Å²) in [7, 11) is 0. The molecular weight excluding hydrogens is 158 g/mol. The lowest BCUT2D eigenvalue weighted by Crippen LogP contribution is -2.15. The number of hydrogen-bond donors (Lipinski definition) is 1. The average molecular weight is 180 g/mol. The second-order valence-electron chi connectivity index (χ2n) is 4.43. The maximum atomic E-state index is 5.62. The predicted octanol–water partition coefficient (Wildman–Crippen LogP) is 2.97. The zero-order chi connectivity index (χ0) is 8.20. The Morgan fingerprint density at radius 3 is 2.00 bits per heavy atom. The van der Waals surface area contributed by atoms with Crippen molar-refractivity contribution in [3.8, 4) is 0 Å². The van der Waals surface area contributed by atoms with Crippen molar-refractivity contribution in [1.29, 1.82) is 0 Å². The molecule has 0 bridgehead atoms. The first-order valence-corrected chi connectivity index (χ1v) is 4.17. The van der Waals surface area contributed by atoms with Crippen LogP contribution in [0.5, 0.6) is 0 Å². The van der Waals surface area contributed by atoms with Gasteiger partial charge in [0, 0.05) is 6.04 Å². The van der Waals surface area contributed by atoms with Gasteiger partial charge in [-0.15, -0.1) is 12.4 Å². The van der Waals surface area contributed by atoms with E-state index in [0.29, 0.717) is 11.5 Å². The Labute approximate surface area is 77.2 Å². The fourth-order valence-electron chi connectivity index (χ4n) is 0.954. The molecule has 11 heavy (non-hydrogen) atoms. The molecule has 0 aromatic carbocycles. The predicted molar refractivity (Wildman–Crippen MR) is 54.2 cm³/mol. The first-order valence-electron chi connectivity index (χ1n) is 4.17. The zero-order valence-corrected chi connectivity index (χ0v) is 9.00. The standard InChI is InChI=1S/C9H21N.ClH/c1-8(10)6-5-7-9(2,3)4;/h8H,5-7,10H2,1-4H3;1H. The summed E-state index contributed by atoms with van der Waals surface area (Å²) in [4.78, 5) is 0. The van der Waals surface area contributed by atoms with E-state index in [9.17, 15) is 0 Å². The van der Waals surface area contributed by atoms with Gasteiger partial charge in [0.05, 0.1) is 0 Å². The summed E-state index contributed by atoms with van der Waals surface area (Å²) in [5.74, 6) is 0. The summed E-state index contributed by atoms with van der Waals surface area (Å²) in [5.41, 5.74) is 6.10. The van der Waals surface area contributed by atoms with E-state index in [2.05, 4.69) is 27.7 Å². The minimum Gasteiger partial charge on any atom is -0.328 e. The van der Waals surface area contributed by atoms with Crippen LogP contribution >= 0.6 is 12.4 Å². The van der Waals surface area contributed by atoms with Crippen molar-refractivity contribution >= 4 is 12.4 Å². The van der Waals surface area contributed by atoms with Crippen molar-refractivity contribution in [2.24, 2.45) is 11.1 Å². The molecule has 1 atom stereocenters. The first kappa shape index (κ1) is 13.8. The molecule has 0 aromatic rings. The van der Waals surface area contributed by atoms with Gasteiger partial charge in [-0.05, 0) is 25.2 Å². The van der Waals surface area contributed by atoms with Crippen LogP contribution in [0.15, 0.2) is 0 Å². The van der Waals surface area contributed by atoms with Gasteiger partial charge in [0.15, 0.2) is 0 Å². The van der Waals surface area contributed by atoms with Crippen LogP contribution in [0, 0.1) is 5.41 Å². The molecule has 2 heteroatoms. The van der Waals surface area contributed by atoms with E-state index in [1.54, 1.807) is 0 Å². The smallest absolute Gasteiger partial charge is 0.00104 e. The Balaban J connectivity index is 0. The van der Waals surface area contributed by atoms with Gasteiger partial charge in [-0.3, -0.25) is 0 Å². The number of rotatable bonds is 3. The Hall–Kier alpha value is 0.250. The molecule has 0 saturated carbocycles. The van der Waals surface area contributed by atoms with Crippen LogP contribution in [0.3, 0.4) is 0 Å². The Morgan fingerprint density at radius 1 is 1.27 bits per heavy atom. The van der Waals surface area contributed by atoms with E-state index >= 15 is 0 Å². The van der Waals surface area contributed by atoms with Crippen LogP contribution in [-0.4, -0.2) is 6.04 Å². The molecule has 1 unspecified atom stereocenters. The van der Waals surface area contributed by atoms with Gasteiger partial charge in [0.25, 0.3) is 0 Å². The molecule has 0 fully saturated rings. The lowest BCUT2D eigenvalue weighted by molar-refractivity contribution is 0.354. The summed E-state index contributed by atoms with van der Waals surface area (Å²) < 4.78 is 0. The van der Waals surface area contributed by atoms with Crippen molar-refractivity contribution in [3.63, 3.8) is 0 Å². The van der Waals surface area contributed by atoms with Gasteiger partial charge in [-0.2, -0.15) is 0 Å². The fraction of sp³-hybridized carbons (Fsp3) is 1.00. The van der Waals surface area contributed by atoms with Gasteiger partial charge in [-0.25, -0.2) is 0 Å². The summed E-state index contributed by atoms with van der Waals surface area (Å²) >= 11 is 0. The van der Waals surface area contributed by atoms with Gasteiger partial charge in [0.1, 0.15) is 0 Å². The largest absolute Gasteiger partial charge is 0.328 e. The number of nitrogens with two attached hydrogens (primary N) is 1. The monoisotopic (exact) mass is 179 g/mol. The van der Waals surface area contributed by atoms with Crippen LogP contribution in [0.4, 0.5) is 0 Å². The van der Waals surface area contributed by atoms with E-state index in [-0.39, 0.29) is 12.4 Å². The second-order valence-corrected chi connectivity index (χ2v) is 4.43. The summed E-state index contributed by atoms with van der Waals surface area (Å²) in [5, 5.41) is 0. The van der Waals surface area contributed by atoms with Gasteiger partial charge < -0.3 is 5.73 Å². The van der Waals surface area contributed by atoms with E-state index in [4.69, 9.17) is 5.73 Å². The van der Waals surface area contributed by atoms with E-state index in [1.807, 2.05) is 0 Å². The van der Waals surface area contributed by atoms with Crippen LogP contribution in [0.1, 0.15) is 47.0 Å². The summed E-state index contributed by atoms with van der Waals surface area (Å²) in [6.07, 6.45) is 3.72. The molecule has 70 valence electrons. The molecule has 0 heterocycles. The molecule has 0 rings (SSSR count). The topological polar surface area (TPSA) is 26.0 Å². The SMILES string of the molecule is CC(N)CCCC(C)(C)C.Cl. The van der Waals surface area contributed by atoms with Crippen molar-refractivity contribution < 1.29 is 0 Å². The number of hydrogen-bond acceptors (Lipinski definition) is 1. The van der Waals surface area contributed by atoms with Crippen molar-refractivity contribution in [1.82, 2.24) is 0 Å². The normalized spacial score (nSPS) is 13.9. The van der Waals surface area contributed by atoms with E-state index in [0.717, 1.165) is 6.42 Å². The van der Waals surface area contributed by atoms with Gasteiger partial charge in [-0.1, -0.05) is 27.2 Å². The average Bonchev–Trinajstić information content (AvgIpc) is 1.59. The third kappa shape index (κ3) is 13.3. The molecule has 0 amide bonds. The zero-order valence-electron chi connectivity index (χ0n) is 8.18. The molecule has 0 aliphatic carbocycles. The van der Waals surface area contributed by atoms with Crippen molar-refractivity contribution in [2.45, 2.75) is 53.0 Å². The quantitative estimate of drug-likeness (QED) is 0.709. The molecule has 0 aliphatic heterocycles. The summed E-state index contributed by atoms with van der Waals surface area (Å²) in [6.45, 7) is 8.89. The maximum absolute atomic E-state index is 5.62. The van der Waals surface area contributed by atoms with Crippen molar-refractivity contribution in [2.75, 3.05) is 0 Å². The minimum atomic E-state index is 0. The van der Waals surface area contributed by atoms with Crippen LogP contribution in [0.2, 0.25) is 0 Å². The maximum Gasteiger partial charge on any atom is 0.00104 e. The van der Waals surface area contributed by atoms with Gasteiger partial charge >= 0.3 is 0 Å². The highest BCUT2D eigenvalue weighted by atomic mass is 35.5. The van der Waals surface area contributed by atoms with Crippen molar-refractivity contribution in [3.05, 3.63) is 0 Å². The molecule has 0 saturated heterocycles. The molecule has 0 aliphatic rings. The first-order chi connectivity index (χ1) is 4.42. The molecule has 0 spiro atoms. The highest BCUT2D eigenvalue weighted by molar-refractivity contribution is 5.85. The third-order valence-corrected chi connectivity index (χ3v) is 1.59. The van der Waals surface area contributed by atoms with Crippen LogP contribution < -0.4 is 5.73 Å². The Bertz CT molecular complexity index is 84.1. The Kier molecular flexibility index (Phi) is 7.34. The highest BCUT2D eigenvalue weighted by Crippen LogP contribution is 2.21. The highest BCUT2D eigenvalue weighted by Gasteiger charge is 2.09. The number of halogens is 1. The van der Waals surface area contributed by atoms with E-state index in [1.165, 1.54) is 12.8 Å². The Morgan fingerprint density at radius 2 is 1.73 bits per heavy atom. The van der Waals surface area contributed by atoms with Crippen LogP contribution in [-0.2, 0) is 0 Å². The molecule has 1 nitrogen and oxygen atoms in total. The molecular formula is C9H22ClN. The third-order valence-electron chi connectivity index (χ3n) is 1.59. The van der Waals surface area contributed by atoms with E-state index < -0.39 is 0 Å². The molecule has 0 radical (unpaired) electrons. The van der Waals surface area contributed by atoms with Gasteiger partial charge in [0.2, 0.25) is 0 Å². The molecule has 2 N–H and O–H groups in total. The second kappa shape index (κ2) is 5.84. The summed E-state index contributed by atoms with van der Waals surface area (Å²) in [6, 6.07) is 0.377. The minimum absolute atomic E-state index is 0. The molecule has 0 aromatic heterocycles. The lowest BCUT2D eigenvalue weighted by Gasteiger charge is -2.18. The van der Waals surface area contributed by atoms with Crippen LogP contribution in [0.25, 0.3) is 0 Å².